The van der Waals surface area contributed by atoms with Crippen LogP contribution in [0.5, 0.6) is 5.88 Å². The minimum Gasteiger partial charge on any atom is -0.481 e. The summed E-state index contributed by atoms with van der Waals surface area (Å²) in [6, 6.07) is 0. The highest BCUT2D eigenvalue weighted by molar-refractivity contribution is 6.17. The molecule has 14 heavy (non-hydrogen) atoms. The van der Waals surface area contributed by atoms with Gasteiger partial charge in [0.05, 0.1) is 24.8 Å². The maximum atomic E-state index is 12.9. The van der Waals surface area contributed by atoms with Crippen LogP contribution in [0, 0.1) is 5.82 Å². The smallest absolute Gasteiger partial charge is 0.267 e. The van der Waals surface area contributed by atoms with Gasteiger partial charge in [0.15, 0.2) is 5.82 Å². The normalized spacial score (nSPS) is 10.7. The molecule has 0 aliphatic heterocycles. The van der Waals surface area contributed by atoms with E-state index < -0.39 is 17.8 Å². The summed E-state index contributed by atoms with van der Waals surface area (Å²) in [5, 5.41) is 0. The fourth-order valence-electron chi connectivity index (χ4n) is 1.06. The van der Waals surface area contributed by atoms with Crippen molar-refractivity contribution in [2.45, 2.75) is 12.3 Å². The van der Waals surface area contributed by atoms with E-state index in [0.717, 1.165) is 0 Å². The fraction of sp³-hybridized carbons (Fsp3) is 0.375. The quantitative estimate of drug-likeness (QED) is 0.738. The molecule has 0 fully saturated rings. The molecule has 0 amide bonds. The zero-order chi connectivity index (χ0) is 10.7. The van der Waals surface area contributed by atoms with Crippen LogP contribution in [0.2, 0.25) is 0 Å². The standard InChI is InChI=1S/C8H7ClF3NO/c1-14-8-4(2-9)6(7(11)12)5(10)3-13-8/h3,7H,2H2,1H3. The van der Waals surface area contributed by atoms with E-state index >= 15 is 0 Å². The molecule has 0 N–H and O–H groups in total. The molecule has 2 nitrogen and oxygen atoms in total. The lowest BCUT2D eigenvalue weighted by Crippen LogP contribution is -2.02. The molecule has 1 rings (SSSR count). The highest BCUT2D eigenvalue weighted by atomic mass is 35.5. The second-order valence-corrected chi connectivity index (χ2v) is 2.71. The van der Waals surface area contributed by atoms with E-state index in [9.17, 15) is 13.2 Å². The van der Waals surface area contributed by atoms with Crippen LogP contribution in [0.1, 0.15) is 17.6 Å². The van der Waals surface area contributed by atoms with Crippen molar-refractivity contribution in [1.82, 2.24) is 4.98 Å². The monoisotopic (exact) mass is 225 g/mol. The van der Waals surface area contributed by atoms with Crippen LogP contribution < -0.4 is 4.74 Å². The van der Waals surface area contributed by atoms with Gasteiger partial charge in [-0.3, -0.25) is 0 Å². The van der Waals surface area contributed by atoms with Gasteiger partial charge >= 0.3 is 0 Å². The van der Waals surface area contributed by atoms with Crippen LogP contribution in [-0.4, -0.2) is 12.1 Å². The molecule has 0 aliphatic carbocycles. The lowest BCUT2D eigenvalue weighted by atomic mass is 10.1. The molecule has 1 heterocycles. The van der Waals surface area contributed by atoms with Gasteiger partial charge in [-0.05, 0) is 0 Å². The molecule has 0 aliphatic rings. The van der Waals surface area contributed by atoms with Crippen molar-refractivity contribution in [2.75, 3.05) is 7.11 Å². The molecular formula is C8H7ClF3NO. The molecule has 0 aromatic carbocycles. The number of aromatic nitrogens is 1. The number of hydrogen-bond acceptors (Lipinski definition) is 2. The summed E-state index contributed by atoms with van der Waals surface area (Å²) in [5.74, 6) is -1.42. The van der Waals surface area contributed by atoms with Gasteiger partial charge in [-0.15, -0.1) is 11.6 Å². The highest BCUT2D eigenvalue weighted by Crippen LogP contribution is 2.31. The number of methoxy groups -OCH3 is 1. The highest BCUT2D eigenvalue weighted by Gasteiger charge is 2.22. The molecule has 0 bridgehead atoms. The molecule has 0 saturated heterocycles. The van der Waals surface area contributed by atoms with Gasteiger partial charge in [0, 0.05) is 5.56 Å². The molecule has 0 saturated carbocycles. The van der Waals surface area contributed by atoms with E-state index in [1.165, 1.54) is 7.11 Å². The average molecular weight is 226 g/mol. The Bertz CT molecular complexity index is 333. The largest absolute Gasteiger partial charge is 0.481 e. The summed E-state index contributed by atoms with van der Waals surface area (Å²) in [7, 11) is 1.26. The summed E-state index contributed by atoms with van der Waals surface area (Å²) < 4.78 is 42.5. The predicted molar refractivity (Wildman–Crippen MR) is 45.3 cm³/mol. The van der Waals surface area contributed by atoms with Crippen molar-refractivity contribution in [1.29, 1.82) is 0 Å². The van der Waals surface area contributed by atoms with E-state index in [0.29, 0.717) is 6.20 Å². The Morgan fingerprint density at radius 3 is 2.64 bits per heavy atom. The molecule has 0 unspecified atom stereocenters. The predicted octanol–water partition coefficient (Wildman–Crippen LogP) is 2.91. The minimum atomic E-state index is -2.93. The van der Waals surface area contributed by atoms with Gasteiger partial charge < -0.3 is 4.74 Å². The third-order valence-corrected chi connectivity index (χ3v) is 1.95. The molecule has 0 radical (unpaired) electrons. The molecule has 0 atom stereocenters. The van der Waals surface area contributed by atoms with Crippen molar-refractivity contribution >= 4 is 11.6 Å². The number of rotatable bonds is 3. The van der Waals surface area contributed by atoms with Gasteiger partial charge in [-0.25, -0.2) is 18.2 Å². The Labute approximate surface area is 83.7 Å². The summed E-state index contributed by atoms with van der Waals surface area (Å²) >= 11 is 5.41. The number of halogens is 4. The maximum Gasteiger partial charge on any atom is 0.267 e. The number of alkyl halides is 3. The first kappa shape index (κ1) is 11.1. The van der Waals surface area contributed by atoms with Gasteiger partial charge in [0.2, 0.25) is 5.88 Å². The van der Waals surface area contributed by atoms with Gasteiger partial charge in [0.1, 0.15) is 0 Å². The molecule has 78 valence electrons. The number of nitrogens with zero attached hydrogens (tertiary/aromatic N) is 1. The average Bonchev–Trinajstić information content (AvgIpc) is 2.16. The summed E-state index contributed by atoms with van der Waals surface area (Å²) in [6.07, 6.45) is -2.24. The number of hydrogen-bond donors (Lipinski definition) is 0. The Morgan fingerprint density at radius 2 is 2.21 bits per heavy atom. The molecular weight excluding hydrogens is 219 g/mol. The van der Waals surface area contributed by atoms with Crippen LogP contribution in [0.4, 0.5) is 13.2 Å². The van der Waals surface area contributed by atoms with E-state index in [4.69, 9.17) is 11.6 Å². The number of ether oxygens (including phenoxy) is 1. The van der Waals surface area contributed by atoms with Crippen molar-refractivity contribution in [2.24, 2.45) is 0 Å². The first-order valence-corrected chi connectivity index (χ1v) is 4.20. The summed E-state index contributed by atoms with van der Waals surface area (Å²) in [5.41, 5.74) is -0.851. The Morgan fingerprint density at radius 1 is 1.57 bits per heavy atom. The van der Waals surface area contributed by atoms with Crippen LogP contribution in [0.15, 0.2) is 6.20 Å². The van der Waals surface area contributed by atoms with E-state index in [1.807, 2.05) is 0 Å². The zero-order valence-electron chi connectivity index (χ0n) is 7.23. The Kier molecular flexibility index (Phi) is 3.57. The molecule has 6 heteroatoms. The zero-order valence-corrected chi connectivity index (χ0v) is 7.99. The summed E-state index contributed by atoms with van der Waals surface area (Å²) in [4.78, 5) is 3.50. The lowest BCUT2D eigenvalue weighted by molar-refractivity contribution is 0.144. The Hall–Kier alpha value is -0.970. The maximum absolute atomic E-state index is 12.9. The molecule has 1 aromatic heterocycles. The van der Waals surface area contributed by atoms with Crippen LogP contribution in [-0.2, 0) is 5.88 Å². The van der Waals surface area contributed by atoms with Crippen LogP contribution in [0.25, 0.3) is 0 Å². The third kappa shape index (κ3) is 1.92. The SMILES string of the molecule is COc1ncc(F)c(C(F)F)c1CCl. The van der Waals surface area contributed by atoms with E-state index in [-0.39, 0.29) is 17.3 Å². The third-order valence-electron chi connectivity index (χ3n) is 1.68. The van der Waals surface area contributed by atoms with Gasteiger partial charge in [0.25, 0.3) is 6.43 Å². The van der Waals surface area contributed by atoms with Gasteiger partial charge in [-0.2, -0.15) is 0 Å². The van der Waals surface area contributed by atoms with Crippen LogP contribution >= 0.6 is 11.6 Å². The fourth-order valence-corrected chi connectivity index (χ4v) is 1.32. The Balaban J connectivity index is 3.35. The van der Waals surface area contributed by atoms with Crippen LogP contribution in [0.3, 0.4) is 0 Å². The molecule has 0 spiro atoms. The van der Waals surface area contributed by atoms with E-state index in [2.05, 4.69) is 9.72 Å². The van der Waals surface area contributed by atoms with Crippen molar-refractivity contribution < 1.29 is 17.9 Å². The van der Waals surface area contributed by atoms with Crippen molar-refractivity contribution in [3.8, 4) is 5.88 Å². The topological polar surface area (TPSA) is 22.1 Å². The lowest BCUT2D eigenvalue weighted by Gasteiger charge is -2.10. The first-order valence-electron chi connectivity index (χ1n) is 3.67. The van der Waals surface area contributed by atoms with Crippen molar-refractivity contribution in [3.63, 3.8) is 0 Å². The molecule has 1 aromatic rings. The minimum absolute atomic E-state index is 0.0725. The second kappa shape index (κ2) is 4.50. The second-order valence-electron chi connectivity index (χ2n) is 2.44. The summed E-state index contributed by atoms with van der Waals surface area (Å²) in [6.45, 7) is 0. The first-order chi connectivity index (χ1) is 6.61. The van der Waals surface area contributed by atoms with Crippen molar-refractivity contribution in [3.05, 3.63) is 23.1 Å². The number of pyridine rings is 1. The van der Waals surface area contributed by atoms with E-state index in [1.54, 1.807) is 0 Å². The van der Waals surface area contributed by atoms with Gasteiger partial charge in [-0.1, -0.05) is 0 Å².